The molecule has 0 aliphatic carbocycles. The smallest absolute Gasteiger partial charge is 0.200 e. The van der Waals surface area contributed by atoms with Gasteiger partial charge in [-0.05, 0) is 59.7 Å². The summed E-state index contributed by atoms with van der Waals surface area (Å²) in [5.74, 6) is -8.43. The zero-order chi connectivity index (χ0) is 28.6. The van der Waals surface area contributed by atoms with Gasteiger partial charge in [0.25, 0.3) is 0 Å². The molecule has 0 spiro atoms. The SMILES string of the molecule is O=C(C(=C(C(=O)c1cc(O)c(O)c(O)c1)c1cc(O)cc(O)c1)c1ccc(O)cc1)c1cc(O)c(O)c(O)c1. The monoisotopic (exact) mass is 532 g/mol. The summed E-state index contributed by atoms with van der Waals surface area (Å²) in [6.07, 6.45) is 0. The van der Waals surface area contributed by atoms with Gasteiger partial charge < -0.3 is 46.0 Å². The van der Waals surface area contributed by atoms with Crippen LogP contribution in [0.5, 0.6) is 51.7 Å². The third-order valence-corrected chi connectivity index (χ3v) is 5.72. The van der Waals surface area contributed by atoms with E-state index >= 15 is 0 Å². The number of phenols is 9. The Kier molecular flexibility index (Phi) is 6.66. The largest absolute Gasteiger partial charge is 0.508 e. The summed E-state index contributed by atoms with van der Waals surface area (Å²) in [5, 5.41) is 89.5. The van der Waals surface area contributed by atoms with E-state index < -0.39 is 79.8 Å². The second-order valence-electron chi connectivity index (χ2n) is 8.42. The minimum absolute atomic E-state index is 0.0169. The minimum Gasteiger partial charge on any atom is -0.508 e. The molecule has 0 aliphatic heterocycles. The van der Waals surface area contributed by atoms with Gasteiger partial charge >= 0.3 is 0 Å². The fourth-order valence-corrected chi connectivity index (χ4v) is 3.90. The molecule has 9 N–H and O–H groups in total. The Labute approximate surface area is 219 Å². The third-order valence-electron chi connectivity index (χ3n) is 5.72. The summed E-state index contributed by atoms with van der Waals surface area (Å²) < 4.78 is 0. The van der Waals surface area contributed by atoms with Crippen LogP contribution in [0.4, 0.5) is 0 Å². The van der Waals surface area contributed by atoms with Crippen molar-refractivity contribution in [2.75, 3.05) is 0 Å². The molecule has 4 aromatic rings. The van der Waals surface area contributed by atoms with Crippen LogP contribution in [0.15, 0.2) is 66.7 Å². The van der Waals surface area contributed by atoms with Gasteiger partial charge in [-0.15, -0.1) is 0 Å². The minimum atomic E-state index is -1.03. The quantitative estimate of drug-likeness (QED) is 0.0754. The number of carbonyl (C=O) groups is 2. The maximum atomic E-state index is 13.9. The first-order valence-electron chi connectivity index (χ1n) is 11.0. The summed E-state index contributed by atoms with van der Waals surface area (Å²) in [6.45, 7) is 0. The number of phenolic OH excluding ortho intramolecular Hbond substituents is 9. The van der Waals surface area contributed by atoms with Crippen molar-refractivity contribution in [2.45, 2.75) is 0 Å². The second kappa shape index (κ2) is 9.90. The highest BCUT2D eigenvalue weighted by Gasteiger charge is 2.29. The highest BCUT2D eigenvalue weighted by molar-refractivity contribution is 6.46. The number of allylic oxidation sites excluding steroid dienone is 2. The van der Waals surface area contributed by atoms with E-state index in [-0.39, 0.29) is 16.9 Å². The van der Waals surface area contributed by atoms with E-state index in [0.29, 0.717) is 0 Å². The highest BCUT2D eigenvalue weighted by atomic mass is 16.3. The van der Waals surface area contributed by atoms with Gasteiger partial charge in [0.15, 0.2) is 46.1 Å². The zero-order valence-corrected chi connectivity index (χ0v) is 19.7. The number of benzene rings is 4. The van der Waals surface area contributed by atoms with E-state index in [2.05, 4.69) is 0 Å². The van der Waals surface area contributed by atoms with E-state index in [9.17, 15) is 55.5 Å². The maximum absolute atomic E-state index is 13.9. The molecule has 39 heavy (non-hydrogen) atoms. The van der Waals surface area contributed by atoms with Crippen LogP contribution >= 0.6 is 0 Å². The Morgan fingerprint density at radius 3 is 1.13 bits per heavy atom. The Morgan fingerprint density at radius 1 is 0.385 bits per heavy atom. The summed E-state index contributed by atoms with van der Waals surface area (Å²) in [5.41, 5.74) is -1.91. The summed E-state index contributed by atoms with van der Waals surface area (Å²) in [6, 6.07) is 11.3. The van der Waals surface area contributed by atoms with Crippen molar-refractivity contribution in [1.82, 2.24) is 0 Å². The van der Waals surface area contributed by atoms with Crippen LogP contribution in [0.3, 0.4) is 0 Å². The first kappa shape index (κ1) is 26.2. The lowest BCUT2D eigenvalue weighted by atomic mass is 9.85. The molecule has 0 atom stereocenters. The lowest BCUT2D eigenvalue weighted by Crippen LogP contribution is -2.12. The molecule has 4 aromatic carbocycles. The normalized spacial score (nSPS) is 11.6. The number of aromatic hydroxyl groups is 9. The number of hydrogen-bond donors (Lipinski definition) is 9. The maximum Gasteiger partial charge on any atom is 0.200 e. The molecular formula is C28H20O11. The van der Waals surface area contributed by atoms with Crippen LogP contribution < -0.4 is 0 Å². The Balaban J connectivity index is 2.13. The first-order valence-corrected chi connectivity index (χ1v) is 11.0. The Hall–Kier alpha value is -5.84. The molecule has 0 saturated heterocycles. The van der Waals surface area contributed by atoms with Gasteiger partial charge in [-0.1, -0.05) is 12.1 Å². The van der Waals surface area contributed by atoms with Gasteiger partial charge in [-0.2, -0.15) is 0 Å². The number of hydrogen-bond acceptors (Lipinski definition) is 11. The zero-order valence-electron chi connectivity index (χ0n) is 19.7. The molecule has 0 bridgehead atoms. The predicted octanol–water partition coefficient (Wildman–Crippen LogP) is 3.71. The van der Waals surface area contributed by atoms with Gasteiger partial charge in [-0.25, -0.2) is 0 Å². The van der Waals surface area contributed by atoms with E-state index in [1.54, 1.807) is 0 Å². The molecule has 11 nitrogen and oxygen atoms in total. The highest BCUT2D eigenvalue weighted by Crippen LogP contribution is 2.41. The van der Waals surface area contributed by atoms with Crippen molar-refractivity contribution >= 4 is 22.7 Å². The fourth-order valence-electron chi connectivity index (χ4n) is 3.90. The molecule has 0 aromatic heterocycles. The molecule has 198 valence electrons. The van der Waals surface area contributed by atoms with Crippen LogP contribution in [0.1, 0.15) is 31.8 Å². The molecule has 0 heterocycles. The van der Waals surface area contributed by atoms with Crippen molar-refractivity contribution in [3.8, 4) is 51.7 Å². The van der Waals surface area contributed by atoms with Crippen molar-refractivity contribution in [3.05, 3.63) is 89.0 Å². The fraction of sp³-hybridized carbons (Fsp3) is 0. The van der Waals surface area contributed by atoms with Crippen LogP contribution in [-0.4, -0.2) is 57.5 Å². The van der Waals surface area contributed by atoms with E-state index in [1.807, 2.05) is 0 Å². The Bertz CT molecular complexity index is 1600. The molecule has 0 unspecified atom stereocenters. The molecule has 0 fully saturated rings. The number of rotatable bonds is 6. The van der Waals surface area contributed by atoms with Crippen molar-refractivity contribution in [2.24, 2.45) is 0 Å². The van der Waals surface area contributed by atoms with Crippen LogP contribution in [-0.2, 0) is 0 Å². The lowest BCUT2D eigenvalue weighted by Gasteiger charge is -2.17. The van der Waals surface area contributed by atoms with Gasteiger partial charge in [0, 0.05) is 28.3 Å². The topological polar surface area (TPSA) is 216 Å². The summed E-state index contributed by atoms with van der Waals surface area (Å²) >= 11 is 0. The number of carbonyl (C=O) groups excluding carboxylic acids is 2. The van der Waals surface area contributed by atoms with Gasteiger partial charge in [0.2, 0.25) is 0 Å². The Morgan fingerprint density at radius 2 is 0.744 bits per heavy atom. The van der Waals surface area contributed by atoms with Crippen molar-refractivity contribution in [1.29, 1.82) is 0 Å². The van der Waals surface area contributed by atoms with Gasteiger partial charge in [0.1, 0.15) is 17.2 Å². The second-order valence-corrected chi connectivity index (χ2v) is 8.42. The summed E-state index contributed by atoms with van der Waals surface area (Å²) in [7, 11) is 0. The number of Topliss-reactive ketones (excluding diaryl/α,β-unsaturated/α-hetero) is 2. The van der Waals surface area contributed by atoms with Gasteiger partial charge in [0.05, 0.1) is 0 Å². The third kappa shape index (κ3) is 5.04. The van der Waals surface area contributed by atoms with Gasteiger partial charge in [-0.3, -0.25) is 9.59 Å². The molecule has 0 amide bonds. The van der Waals surface area contributed by atoms with E-state index in [1.165, 1.54) is 24.3 Å². The van der Waals surface area contributed by atoms with Crippen molar-refractivity contribution in [3.63, 3.8) is 0 Å². The molecule has 11 heteroatoms. The molecule has 0 saturated carbocycles. The molecule has 0 radical (unpaired) electrons. The average molecular weight is 532 g/mol. The predicted molar refractivity (Wildman–Crippen MR) is 136 cm³/mol. The van der Waals surface area contributed by atoms with Crippen LogP contribution in [0, 0.1) is 0 Å². The standard InChI is InChI=1S/C28H20O11/c29-16-3-1-12(2-4-16)23(25(36)14-7-19(32)27(38)20(33)8-14)24(13-5-17(30)11-18(31)6-13)26(37)15-9-21(34)28(39)22(35)10-15/h1-11,29-35,38-39H. The van der Waals surface area contributed by atoms with E-state index in [4.69, 9.17) is 0 Å². The molecule has 4 rings (SSSR count). The number of ketones is 2. The average Bonchev–Trinajstić information content (AvgIpc) is 2.87. The first-order chi connectivity index (χ1) is 18.4. The lowest BCUT2D eigenvalue weighted by molar-refractivity contribution is 0.103. The molecular weight excluding hydrogens is 512 g/mol. The van der Waals surface area contributed by atoms with E-state index in [0.717, 1.165) is 42.5 Å². The van der Waals surface area contributed by atoms with Crippen LogP contribution in [0.2, 0.25) is 0 Å². The van der Waals surface area contributed by atoms with Crippen LogP contribution in [0.25, 0.3) is 11.1 Å². The summed E-state index contributed by atoms with van der Waals surface area (Å²) in [4.78, 5) is 27.8. The molecule has 0 aliphatic rings. The van der Waals surface area contributed by atoms with Crippen molar-refractivity contribution < 1.29 is 55.5 Å².